The van der Waals surface area contributed by atoms with Crippen LogP contribution in [0.3, 0.4) is 0 Å². The predicted octanol–water partition coefficient (Wildman–Crippen LogP) is 3.87. The summed E-state index contributed by atoms with van der Waals surface area (Å²) < 4.78 is 5.73. The number of carbonyl (C=O) groups excluding carboxylic acids is 1. The zero-order valence-electron chi connectivity index (χ0n) is 13.2. The van der Waals surface area contributed by atoms with E-state index in [0.29, 0.717) is 18.7 Å². The van der Waals surface area contributed by atoms with Crippen LogP contribution in [-0.4, -0.2) is 37.3 Å². The number of para-hydroxylation sites is 1. The van der Waals surface area contributed by atoms with Crippen molar-refractivity contribution in [3.8, 4) is 5.75 Å². The molecule has 0 saturated heterocycles. The molecule has 0 fully saturated rings. The van der Waals surface area contributed by atoms with Gasteiger partial charge in [-0.2, -0.15) is 0 Å². The Morgan fingerprint density at radius 1 is 1.14 bits per heavy atom. The van der Waals surface area contributed by atoms with Gasteiger partial charge in [-0.15, -0.1) is 11.8 Å². The molecule has 0 heterocycles. The first-order valence-electron chi connectivity index (χ1n) is 7.20. The molecule has 1 amide bonds. The Bertz CT molecular complexity index is 625. The standard InChI is InChI=1S/C18H21NO2S/c1-14-6-4-5-7-17(14)21-13-12-19(2)18(20)15-8-10-16(22-3)11-9-15/h4-11H,12-13H2,1-3H3. The van der Waals surface area contributed by atoms with Crippen molar-refractivity contribution in [3.63, 3.8) is 0 Å². The molecule has 3 nitrogen and oxygen atoms in total. The van der Waals surface area contributed by atoms with E-state index < -0.39 is 0 Å². The summed E-state index contributed by atoms with van der Waals surface area (Å²) in [4.78, 5) is 15.2. The summed E-state index contributed by atoms with van der Waals surface area (Å²) in [6.45, 7) is 3.05. The first-order chi connectivity index (χ1) is 10.6. The normalized spacial score (nSPS) is 10.3. The molecule has 0 aliphatic heterocycles. The van der Waals surface area contributed by atoms with Gasteiger partial charge in [0.2, 0.25) is 0 Å². The Labute approximate surface area is 136 Å². The lowest BCUT2D eigenvalue weighted by molar-refractivity contribution is 0.0773. The second-order valence-electron chi connectivity index (χ2n) is 5.07. The van der Waals surface area contributed by atoms with E-state index in [-0.39, 0.29) is 5.91 Å². The molecule has 0 aliphatic carbocycles. The fourth-order valence-corrected chi connectivity index (χ4v) is 2.47. The van der Waals surface area contributed by atoms with Crippen molar-refractivity contribution >= 4 is 17.7 Å². The van der Waals surface area contributed by atoms with Crippen molar-refractivity contribution in [2.45, 2.75) is 11.8 Å². The molecule has 0 spiro atoms. The van der Waals surface area contributed by atoms with Gasteiger partial charge in [0.05, 0.1) is 6.54 Å². The van der Waals surface area contributed by atoms with Crippen LogP contribution in [0.25, 0.3) is 0 Å². The highest BCUT2D eigenvalue weighted by atomic mass is 32.2. The minimum atomic E-state index is 0.0148. The highest BCUT2D eigenvalue weighted by molar-refractivity contribution is 7.98. The summed E-state index contributed by atoms with van der Waals surface area (Å²) in [7, 11) is 1.80. The minimum absolute atomic E-state index is 0.0148. The summed E-state index contributed by atoms with van der Waals surface area (Å²) in [5, 5.41) is 0. The van der Waals surface area contributed by atoms with Crippen molar-refractivity contribution < 1.29 is 9.53 Å². The molecule has 4 heteroatoms. The monoisotopic (exact) mass is 315 g/mol. The van der Waals surface area contributed by atoms with Crippen LogP contribution in [0.5, 0.6) is 5.75 Å². The van der Waals surface area contributed by atoms with Gasteiger partial charge in [0, 0.05) is 17.5 Å². The van der Waals surface area contributed by atoms with Crippen molar-refractivity contribution in [3.05, 3.63) is 59.7 Å². The van der Waals surface area contributed by atoms with Crippen LogP contribution in [-0.2, 0) is 0 Å². The lowest BCUT2D eigenvalue weighted by Crippen LogP contribution is -2.30. The Morgan fingerprint density at radius 2 is 1.82 bits per heavy atom. The highest BCUT2D eigenvalue weighted by Crippen LogP contribution is 2.17. The van der Waals surface area contributed by atoms with E-state index >= 15 is 0 Å². The van der Waals surface area contributed by atoms with E-state index in [1.807, 2.05) is 61.7 Å². The molecule has 0 aromatic heterocycles. The number of ether oxygens (including phenoxy) is 1. The topological polar surface area (TPSA) is 29.5 Å². The van der Waals surface area contributed by atoms with Crippen molar-refractivity contribution in [2.24, 2.45) is 0 Å². The maximum atomic E-state index is 12.3. The molecule has 0 N–H and O–H groups in total. The van der Waals surface area contributed by atoms with E-state index in [1.54, 1.807) is 23.7 Å². The molecule has 0 radical (unpaired) electrons. The van der Waals surface area contributed by atoms with Crippen molar-refractivity contribution in [1.29, 1.82) is 0 Å². The second-order valence-corrected chi connectivity index (χ2v) is 5.95. The van der Waals surface area contributed by atoms with Crippen LogP contribution < -0.4 is 4.74 Å². The predicted molar refractivity (Wildman–Crippen MR) is 91.9 cm³/mol. The van der Waals surface area contributed by atoms with Gasteiger partial charge in [0.25, 0.3) is 5.91 Å². The molecule has 116 valence electrons. The molecule has 2 aromatic carbocycles. The number of amides is 1. The maximum Gasteiger partial charge on any atom is 0.253 e. The van der Waals surface area contributed by atoms with Crippen molar-refractivity contribution in [2.75, 3.05) is 26.5 Å². The lowest BCUT2D eigenvalue weighted by atomic mass is 10.2. The first kappa shape index (κ1) is 16.4. The molecular weight excluding hydrogens is 294 g/mol. The third kappa shape index (κ3) is 4.28. The zero-order valence-corrected chi connectivity index (χ0v) is 14.0. The van der Waals surface area contributed by atoms with Crippen molar-refractivity contribution in [1.82, 2.24) is 4.90 Å². The lowest BCUT2D eigenvalue weighted by Gasteiger charge is -2.18. The SMILES string of the molecule is CSc1ccc(C(=O)N(C)CCOc2ccccc2C)cc1. The van der Waals surface area contributed by atoms with Crippen LogP contribution in [0.15, 0.2) is 53.4 Å². The number of nitrogens with zero attached hydrogens (tertiary/aromatic N) is 1. The zero-order chi connectivity index (χ0) is 15.9. The fraction of sp³-hybridized carbons (Fsp3) is 0.278. The third-order valence-corrected chi connectivity index (χ3v) is 4.21. The minimum Gasteiger partial charge on any atom is -0.491 e. The summed E-state index contributed by atoms with van der Waals surface area (Å²) >= 11 is 1.67. The van der Waals surface area contributed by atoms with Crippen LogP contribution in [0, 0.1) is 6.92 Å². The summed E-state index contributed by atoms with van der Waals surface area (Å²) in [6.07, 6.45) is 2.02. The Hall–Kier alpha value is -1.94. The second kappa shape index (κ2) is 7.90. The largest absolute Gasteiger partial charge is 0.491 e. The van der Waals surface area contributed by atoms with Gasteiger partial charge in [-0.3, -0.25) is 4.79 Å². The molecule has 0 atom stereocenters. The number of rotatable bonds is 6. The van der Waals surface area contributed by atoms with E-state index in [0.717, 1.165) is 16.2 Å². The van der Waals surface area contributed by atoms with Crippen LogP contribution in [0.1, 0.15) is 15.9 Å². The quantitative estimate of drug-likeness (QED) is 0.758. The van der Waals surface area contributed by atoms with Gasteiger partial charge in [0.1, 0.15) is 12.4 Å². The van der Waals surface area contributed by atoms with Gasteiger partial charge in [-0.1, -0.05) is 18.2 Å². The Morgan fingerprint density at radius 3 is 2.45 bits per heavy atom. The molecule has 2 rings (SSSR count). The number of aryl methyl sites for hydroxylation is 1. The van der Waals surface area contributed by atoms with Crippen LogP contribution in [0.2, 0.25) is 0 Å². The molecular formula is C18H21NO2S. The number of likely N-dealkylation sites (N-methyl/N-ethyl adjacent to an activating group) is 1. The molecule has 2 aromatic rings. The van der Waals surface area contributed by atoms with Gasteiger partial charge < -0.3 is 9.64 Å². The van der Waals surface area contributed by atoms with Crippen LogP contribution >= 0.6 is 11.8 Å². The van der Waals surface area contributed by atoms with E-state index in [2.05, 4.69) is 0 Å². The van der Waals surface area contributed by atoms with Gasteiger partial charge in [-0.05, 0) is 49.1 Å². The van der Waals surface area contributed by atoms with E-state index in [4.69, 9.17) is 4.74 Å². The fourth-order valence-electron chi connectivity index (χ4n) is 2.07. The third-order valence-electron chi connectivity index (χ3n) is 3.46. The Kier molecular flexibility index (Phi) is 5.90. The first-order valence-corrected chi connectivity index (χ1v) is 8.42. The summed E-state index contributed by atoms with van der Waals surface area (Å²) in [6, 6.07) is 15.6. The van der Waals surface area contributed by atoms with Gasteiger partial charge in [0.15, 0.2) is 0 Å². The Balaban J connectivity index is 1.87. The number of carbonyl (C=O) groups is 1. The average Bonchev–Trinajstić information content (AvgIpc) is 2.56. The molecule has 22 heavy (non-hydrogen) atoms. The van der Waals surface area contributed by atoms with E-state index in [9.17, 15) is 4.79 Å². The molecule has 0 unspecified atom stereocenters. The van der Waals surface area contributed by atoms with Crippen LogP contribution in [0.4, 0.5) is 0 Å². The number of thioether (sulfide) groups is 1. The molecule has 0 aliphatic rings. The van der Waals surface area contributed by atoms with Gasteiger partial charge in [-0.25, -0.2) is 0 Å². The molecule has 0 bridgehead atoms. The number of benzene rings is 2. The van der Waals surface area contributed by atoms with E-state index in [1.165, 1.54) is 0 Å². The summed E-state index contributed by atoms with van der Waals surface area (Å²) in [5.74, 6) is 0.883. The number of hydrogen-bond acceptors (Lipinski definition) is 3. The highest BCUT2D eigenvalue weighted by Gasteiger charge is 2.11. The molecule has 0 saturated carbocycles. The average molecular weight is 315 g/mol. The van der Waals surface area contributed by atoms with Gasteiger partial charge >= 0.3 is 0 Å². The summed E-state index contributed by atoms with van der Waals surface area (Å²) in [5.41, 5.74) is 1.81. The maximum absolute atomic E-state index is 12.3. The smallest absolute Gasteiger partial charge is 0.253 e. The number of hydrogen-bond donors (Lipinski definition) is 0.